The van der Waals surface area contributed by atoms with Gasteiger partial charge in [-0.05, 0) is 61.3 Å². The van der Waals surface area contributed by atoms with Crippen molar-refractivity contribution < 1.29 is 0 Å². The molecule has 1 aromatic carbocycles. The second-order valence-electron chi connectivity index (χ2n) is 5.74. The first-order valence-electron chi connectivity index (χ1n) is 7.29. The lowest BCUT2D eigenvalue weighted by atomic mass is 9.79. The Morgan fingerprint density at radius 3 is 2.94 bits per heavy atom. The molecule has 0 amide bonds. The highest BCUT2D eigenvalue weighted by Crippen LogP contribution is 2.37. The third-order valence-corrected chi connectivity index (χ3v) is 6.03. The number of benzene rings is 1. The Bertz CT molecular complexity index is 398. The van der Waals surface area contributed by atoms with Crippen LogP contribution in [0.15, 0.2) is 24.3 Å². The largest absolute Gasteiger partial charge is 0.327 e. The molecule has 18 heavy (non-hydrogen) atoms. The number of nitrogens with two attached hydrogens (primary N) is 1. The van der Waals surface area contributed by atoms with Crippen molar-refractivity contribution in [2.75, 3.05) is 5.75 Å². The maximum absolute atomic E-state index is 6.45. The summed E-state index contributed by atoms with van der Waals surface area (Å²) >= 11 is 2.10. The lowest BCUT2D eigenvalue weighted by Crippen LogP contribution is -2.33. The van der Waals surface area contributed by atoms with Gasteiger partial charge in [-0.1, -0.05) is 24.3 Å². The second-order valence-corrected chi connectivity index (χ2v) is 7.09. The van der Waals surface area contributed by atoms with Crippen LogP contribution in [0, 0.1) is 0 Å². The molecular formula is C16H23NS. The van der Waals surface area contributed by atoms with E-state index in [1.165, 1.54) is 44.3 Å². The van der Waals surface area contributed by atoms with Crippen molar-refractivity contribution >= 4 is 11.8 Å². The van der Waals surface area contributed by atoms with Crippen LogP contribution in [0.5, 0.6) is 0 Å². The first-order chi connectivity index (χ1) is 8.84. The summed E-state index contributed by atoms with van der Waals surface area (Å²) < 4.78 is 0. The highest BCUT2D eigenvalue weighted by atomic mass is 32.2. The van der Waals surface area contributed by atoms with Crippen molar-refractivity contribution in [3.8, 4) is 0 Å². The van der Waals surface area contributed by atoms with E-state index in [2.05, 4.69) is 36.0 Å². The number of rotatable bonds is 3. The van der Waals surface area contributed by atoms with E-state index in [0.29, 0.717) is 12.0 Å². The summed E-state index contributed by atoms with van der Waals surface area (Å²) in [5.74, 6) is 2.03. The quantitative estimate of drug-likeness (QED) is 0.897. The summed E-state index contributed by atoms with van der Waals surface area (Å²) in [4.78, 5) is 0. The molecule has 0 spiro atoms. The maximum Gasteiger partial charge on any atom is 0.0199 e. The van der Waals surface area contributed by atoms with E-state index in [9.17, 15) is 0 Å². The van der Waals surface area contributed by atoms with Crippen LogP contribution in [0.4, 0.5) is 0 Å². The van der Waals surface area contributed by atoms with Crippen LogP contribution in [0.25, 0.3) is 0 Å². The number of hydrogen-bond acceptors (Lipinski definition) is 2. The summed E-state index contributed by atoms with van der Waals surface area (Å²) in [7, 11) is 0. The first-order valence-corrected chi connectivity index (χ1v) is 8.34. The van der Waals surface area contributed by atoms with E-state index in [1.807, 2.05) is 0 Å². The third-order valence-electron chi connectivity index (χ3n) is 4.49. The van der Waals surface area contributed by atoms with E-state index < -0.39 is 0 Å². The summed E-state index contributed by atoms with van der Waals surface area (Å²) in [6, 6.07) is 9.39. The molecule has 2 N–H and O–H groups in total. The molecule has 1 aliphatic carbocycles. The predicted molar refractivity (Wildman–Crippen MR) is 80.2 cm³/mol. The third kappa shape index (κ3) is 2.60. The lowest BCUT2D eigenvalue weighted by molar-refractivity contribution is 0.455. The van der Waals surface area contributed by atoms with Gasteiger partial charge in [-0.15, -0.1) is 0 Å². The predicted octanol–water partition coefficient (Wildman–Crippen LogP) is 3.72. The van der Waals surface area contributed by atoms with E-state index in [-0.39, 0.29) is 0 Å². The van der Waals surface area contributed by atoms with Crippen molar-refractivity contribution in [1.29, 1.82) is 0 Å². The molecule has 0 radical (unpaired) electrons. The molecule has 3 rings (SSSR count). The van der Waals surface area contributed by atoms with Crippen molar-refractivity contribution in [3.63, 3.8) is 0 Å². The highest BCUT2D eigenvalue weighted by Gasteiger charge is 2.27. The number of fused-ring (bicyclic) bond motifs is 1. The molecule has 1 aliphatic heterocycles. The van der Waals surface area contributed by atoms with Crippen molar-refractivity contribution in [2.45, 2.75) is 55.7 Å². The summed E-state index contributed by atoms with van der Waals surface area (Å²) in [5, 5.41) is 0.721. The monoisotopic (exact) mass is 261 g/mol. The Labute approximate surface area is 115 Å². The van der Waals surface area contributed by atoms with Gasteiger partial charge in [0.2, 0.25) is 0 Å². The molecule has 3 atom stereocenters. The van der Waals surface area contributed by atoms with Gasteiger partial charge in [-0.2, -0.15) is 11.8 Å². The van der Waals surface area contributed by atoms with Gasteiger partial charge in [0.1, 0.15) is 0 Å². The minimum Gasteiger partial charge on any atom is -0.327 e. The minimum atomic E-state index is 0.397. The Morgan fingerprint density at radius 1 is 1.22 bits per heavy atom. The van der Waals surface area contributed by atoms with Crippen molar-refractivity contribution in [3.05, 3.63) is 35.4 Å². The molecule has 1 nitrogen and oxygen atoms in total. The molecule has 2 aliphatic rings. The van der Waals surface area contributed by atoms with Gasteiger partial charge in [-0.3, -0.25) is 0 Å². The van der Waals surface area contributed by atoms with Crippen LogP contribution in [0.3, 0.4) is 0 Å². The van der Waals surface area contributed by atoms with E-state index >= 15 is 0 Å². The average Bonchev–Trinajstić information content (AvgIpc) is 2.93. The fourth-order valence-electron chi connectivity index (χ4n) is 3.52. The summed E-state index contributed by atoms with van der Waals surface area (Å²) in [6.45, 7) is 0. The Morgan fingerprint density at radius 2 is 2.11 bits per heavy atom. The van der Waals surface area contributed by atoms with Gasteiger partial charge in [0.15, 0.2) is 0 Å². The molecule has 1 fully saturated rings. The minimum absolute atomic E-state index is 0.397. The highest BCUT2D eigenvalue weighted by molar-refractivity contribution is 8.00. The molecule has 1 aromatic rings. The fourth-order valence-corrected chi connectivity index (χ4v) is 4.85. The van der Waals surface area contributed by atoms with Gasteiger partial charge < -0.3 is 5.73 Å². The van der Waals surface area contributed by atoms with Crippen LogP contribution in [-0.2, 0) is 6.42 Å². The Balaban J connectivity index is 1.70. The molecule has 3 unspecified atom stereocenters. The Hall–Kier alpha value is -0.470. The molecule has 98 valence electrons. The van der Waals surface area contributed by atoms with Crippen LogP contribution >= 0.6 is 11.8 Å². The smallest absolute Gasteiger partial charge is 0.0199 e. The number of aryl methyl sites for hydroxylation is 1. The SMILES string of the molecule is NC(CC1CCCc2ccccc21)C1CCCS1. The maximum atomic E-state index is 6.45. The van der Waals surface area contributed by atoms with E-state index in [0.717, 1.165) is 5.25 Å². The topological polar surface area (TPSA) is 26.0 Å². The number of thioether (sulfide) groups is 1. The van der Waals surface area contributed by atoms with Crippen LogP contribution in [0.1, 0.15) is 49.1 Å². The van der Waals surface area contributed by atoms with Gasteiger partial charge in [0.25, 0.3) is 0 Å². The van der Waals surface area contributed by atoms with Crippen LogP contribution in [-0.4, -0.2) is 17.0 Å². The zero-order chi connectivity index (χ0) is 12.4. The summed E-state index contributed by atoms with van der Waals surface area (Å²) in [6.07, 6.45) is 7.83. The fraction of sp³-hybridized carbons (Fsp3) is 0.625. The number of hydrogen-bond donors (Lipinski definition) is 1. The van der Waals surface area contributed by atoms with E-state index in [4.69, 9.17) is 5.73 Å². The molecule has 1 saturated heterocycles. The van der Waals surface area contributed by atoms with Crippen LogP contribution in [0.2, 0.25) is 0 Å². The molecule has 0 bridgehead atoms. The standard InChI is InChI=1S/C16H23NS/c17-15(16-9-4-10-18-16)11-13-7-3-6-12-5-1-2-8-14(12)13/h1-2,5,8,13,15-16H,3-4,6-7,9-11,17H2. The second kappa shape index (κ2) is 5.66. The zero-order valence-corrected chi connectivity index (χ0v) is 11.8. The lowest BCUT2D eigenvalue weighted by Gasteiger charge is -2.29. The summed E-state index contributed by atoms with van der Waals surface area (Å²) in [5.41, 5.74) is 9.60. The average molecular weight is 261 g/mol. The molecular weight excluding hydrogens is 238 g/mol. The zero-order valence-electron chi connectivity index (χ0n) is 11.0. The van der Waals surface area contributed by atoms with Gasteiger partial charge in [-0.25, -0.2) is 0 Å². The van der Waals surface area contributed by atoms with Gasteiger partial charge >= 0.3 is 0 Å². The van der Waals surface area contributed by atoms with Crippen molar-refractivity contribution in [1.82, 2.24) is 0 Å². The molecule has 0 saturated carbocycles. The van der Waals surface area contributed by atoms with Crippen molar-refractivity contribution in [2.24, 2.45) is 5.73 Å². The van der Waals surface area contributed by atoms with Crippen LogP contribution < -0.4 is 5.73 Å². The molecule has 0 aromatic heterocycles. The molecule has 2 heteroatoms. The Kier molecular flexibility index (Phi) is 3.95. The van der Waals surface area contributed by atoms with E-state index in [1.54, 1.807) is 11.1 Å². The first kappa shape index (κ1) is 12.6. The van der Waals surface area contributed by atoms with Gasteiger partial charge in [0, 0.05) is 11.3 Å². The normalized spacial score (nSPS) is 28.9. The molecule has 1 heterocycles. The van der Waals surface area contributed by atoms with Gasteiger partial charge in [0.05, 0.1) is 0 Å².